The Morgan fingerprint density at radius 3 is 2.44 bits per heavy atom. The van der Waals surface area contributed by atoms with Gasteiger partial charge in [-0.05, 0) is 12.1 Å². The Balaban J connectivity index is 2.06. The fourth-order valence-corrected chi connectivity index (χ4v) is 1.58. The summed E-state index contributed by atoms with van der Waals surface area (Å²) >= 11 is 0. The molecule has 6 nitrogen and oxygen atoms in total. The number of nitrogen functional groups attached to an aromatic ring is 1. The SMILES string of the molecule is Cc1nnc(-c2nc(-c3ccccc3)oc2N)o1. The highest BCUT2D eigenvalue weighted by Gasteiger charge is 2.18. The maximum atomic E-state index is 5.76. The largest absolute Gasteiger partial charge is 0.420 e. The van der Waals surface area contributed by atoms with E-state index in [0.717, 1.165) is 5.56 Å². The predicted octanol–water partition coefficient (Wildman–Crippen LogP) is 2.28. The molecule has 6 heteroatoms. The first-order chi connectivity index (χ1) is 8.74. The fourth-order valence-electron chi connectivity index (χ4n) is 1.58. The molecule has 0 saturated carbocycles. The van der Waals surface area contributed by atoms with Crippen LogP contribution in [0.5, 0.6) is 0 Å². The number of aromatic nitrogens is 3. The summed E-state index contributed by atoms with van der Waals surface area (Å²) in [7, 11) is 0. The van der Waals surface area contributed by atoms with Crippen LogP contribution in [-0.2, 0) is 0 Å². The topological polar surface area (TPSA) is 91.0 Å². The van der Waals surface area contributed by atoms with E-state index in [-0.39, 0.29) is 11.8 Å². The quantitative estimate of drug-likeness (QED) is 0.741. The molecule has 3 rings (SSSR count). The summed E-state index contributed by atoms with van der Waals surface area (Å²) in [6, 6.07) is 9.47. The number of hydrogen-bond acceptors (Lipinski definition) is 6. The first-order valence-electron chi connectivity index (χ1n) is 5.36. The van der Waals surface area contributed by atoms with Crippen molar-refractivity contribution in [3.05, 3.63) is 36.2 Å². The summed E-state index contributed by atoms with van der Waals surface area (Å²) in [5.74, 6) is 1.31. The molecule has 0 bridgehead atoms. The Morgan fingerprint density at radius 1 is 1.00 bits per heavy atom. The van der Waals surface area contributed by atoms with Gasteiger partial charge in [-0.25, -0.2) is 4.98 Å². The van der Waals surface area contributed by atoms with Crippen molar-refractivity contribution in [2.24, 2.45) is 0 Å². The second kappa shape index (κ2) is 3.99. The van der Waals surface area contributed by atoms with E-state index in [2.05, 4.69) is 15.2 Å². The van der Waals surface area contributed by atoms with Crippen molar-refractivity contribution in [3.8, 4) is 23.0 Å². The minimum Gasteiger partial charge on any atom is -0.420 e. The number of oxazole rings is 1. The molecule has 0 radical (unpaired) electrons. The highest BCUT2D eigenvalue weighted by Crippen LogP contribution is 2.29. The predicted molar refractivity (Wildman–Crippen MR) is 64.4 cm³/mol. The maximum Gasteiger partial charge on any atom is 0.272 e. The van der Waals surface area contributed by atoms with Gasteiger partial charge in [0, 0.05) is 12.5 Å². The summed E-state index contributed by atoms with van der Waals surface area (Å²) in [4.78, 5) is 4.28. The fraction of sp³-hybridized carbons (Fsp3) is 0.0833. The average Bonchev–Trinajstić information content (AvgIpc) is 2.97. The van der Waals surface area contributed by atoms with E-state index in [9.17, 15) is 0 Å². The Morgan fingerprint density at radius 2 is 1.78 bits per heavy atom. The normalized spacial score (nSPS) is 10.7. The van der Waals surface area contributed by atoms with Crippen LogP contribution in [0.3, 0.4) is 0 Å². The lowest BCUT2D eigenvalue weighted by Gasteiger charge is -1.91. The van der Waals surface area contributed by atoms with Gasteiger partial charge in [0.1, 0.15) is 0 Å². The van der Waals surface area contributed by atoms with Crippen molar-refractivity contribution in [2.75, 3.05) is 5.73 Å². The molecule has 0 aliphatic carbocycles. The smallest absolute Gasteiger partial charge is 0.272 e. The standard InChI is InChI=1S/C12H10N4O2/c1-7-15-16-12(17-7)9-10(13)18-11(14-9)8-5-3-2-4-6-8/h2-6H,13H2,1H3. The van der Waals surface area contributed by atoms with Crippen molar-refractivity contribution < 1.29 is 8.83 Å². The van der Waals surface area contributed by atoms with E-state index >= 15 is 0 Å². The van der Waals surface area contributed by atoms with Crippen LogP contribution in [-0.4, -0.2) is 15.2 Å². The number of nitrogens with zero attached hydrogens (tertiary/aromatic N) is 3. The molecule has 1 aromatic carbocycles. The zero-order chi connectivity index (χ0) is 12.5. The van der Waals surface area contributed by atoms with Gasteiger partial charge in [0.25, 0.3) is 5.89 Å². The van der Waals surface area contributed by atoms with Crippen LogP contribution in [0.2, 0.25) is 0 Å². The molecule has 0 aliphatic heterocycles. The molecule has 0 amide bonds. The van der Waals surface area contributed by atoms with E-state index < -0.39 is 0 Å². The molecule has 0 spiro atoms. The van der Waals surface area contributed by atoms with Crippen LogP contribution in [0.15, 0.2) is 39.2 Å². The summed E-state index contributed by atoms with van der Waals surface area (Å²) in [5, 5.41) is 7.60. The van der Waals surface area contributed by atoms with E-state index in [1.54, 1.807) is 6.92 Å². The van der Waals surface area contributed by atoms with E-state index in [0.29, 0.717) is 17.5 Å². The number of benzene rings is 1. The molecular formula is C12H10N4O2. The van der Waals surface area contributed by atoms with Crippen LogP contribution in [0.4, 0.5) is 5.88 Å². The Kier molecular flexibility index (Phi) is 2.33. The minimum atomic E-state index is 0.164. The number of aryl methyl sites for hydroxylation is 1. The van der Waals surface area contributed by atoms with Crippen molar-refractivity contribution in [1.82, 2.24) is 15.2 Å². The van der Waals surface area contributed by atoms with Crippen molar-refractivity contribution >= 4 is 5.88 Å². The Labute approximate surface area is 102 Å². The Hall–Kier alpha value is -2.63. The third-order valence-corrected chi connectivity index (χ3v) is 2.40. The molecule has 90 valence electrons. The number of rotatable bonds is 2. The molecule has 18 heavy (non-hydrogen) atoms. The van der Waals surface area contributed by atoms with Gasteiger partial charge in [0.2, 0.25) is 17.7 Å². The molecular weight excluding hydrogens is 232 g/mol. The van der Waals surface area contributed by atoms with Crippen molar-refractivity contribution in [3.63, 3.8) is 0 Å². The second-order valence-electron chi connectivity index (χ2n) is 3.72. The first-order valence-corrected chi connectivity index (χ1v) is 5.36. The molecule has 0 saturated heterocycles. The van der Waals surface area contributed by atoms with E-state index in [1.807, 2.05) is 30.3 Å². The van der Waals surface area contributed by atoms with Gasteiger partial charge in [-0.1, -0.05) is 18.2 Å². The zero-order valence-electron chi connectivity index (χ0n) is 9.62. The van der Waals surface area contributed by atoms with Crippen LogP contribution in [0.25, 0.3) is 23.0 Å². The van der Waals surface area contributed by atoms with Gasteiger partial charge in [-0.3, -0.25) is 0 Å². The molecule has 0 unspecified atom stereocenters. The van der Waals surface area contributed by atoms with Gasteiger partial charge in [0.05, 0.1) is 0 Å². The highest BCUT2D eigenvalue weighted by atomic mass is 16.4. The molecule has 2 aromatic heterocycles. The maximum absolute atomic E-state index is 5.76. The zero-order valence-corrected chi connectivity index (χ0v) is 9.62. The second-order valence-corrected chi connectivity index (χ2v) is 3.72. The van der Waals surface area contributed by atoms with Crippen LogP contribution >= 0.6 is 0 Å². The van der Waals surface area contributed by atoms with Gasteiger partial charge < -0.3 is 14.6 Å². The first kappa shape index (κ1) is 10.5. The third-order valence-electron chi connectivity index (χ3n) is 2.40. The summed E-state index contributed by atoms with van der Waals surface area (Å²) in [6.45, 7) is 1.70. The van der Waals surface area contributed by atoms with Crippen molar-refractivity contribution in [1.29, 1.82) is 0 Å². The number of hydrogen-bond donors (Lipinski definition) is 1. The van der Waals surface area contributed by atoms with Crippen molar-refractivity contribution in [2.45, 2.75) is 6.92 Å². The van der Waals surface area contributed by atoms with Crippen LogP contribution in [0, 0.1) is 6.92 Å². The molecule has 0 aliphatic rings. The lowest BCUT2D eigenvalue weighted by atomic mass is 10.2. The molecule has 2 heterocycles. The summed E-state index contributed by atoms with van der Waals surface area (Å²) < 4.78 is 10.7. The summed E-state index contributed by atoms with van der Waals surface area (Å²) in [5.41, 5.74) is 6.97. The number of nitrogens with two attached hydrogens (primary N) is 1. The lowest BCUT2D eigenvalue weighted by molar-refractivity contribution is 0.530. The lowest BCUT2D eigenvalue weighted by Crippen LogP contribution is -1.86. The van der Waals surface area contributed by atoms with Gasteiger partial charge >= 0.3 is 0 Å². The summed E-state index contributed by atoms with van der Waals surface area (Å²) in [6.07, 6.45) is 0. The average molecular weight is 242 g/mol. The third kappa shape index (κ3) is 1.73. The molecule has 3 aromatic rings. The van der Waals surface area contributed by atoms with Crippen LogP contribution < -0.4 is 5.73 Å². The van der Waals surface area contributed by atoms with E-state index in [1.165, 1.54) is 0 Å². The monoisotopic (exact) mass is 242 g/mol. The van der Waals surface area contributed by atoms with Gasteiger partial charge in [-0.2, -0.15) is 0 Å². The van der Waals surface area contributed by atoms with Gasteiger partial charge in [0.15, 0.2) is 5.69 Å². The molecule has 0 fully saturated rings. The van der Waals surface area contributed by atoms with E-state index in [4.69, 9.17) is 14.6 Å². The minimum absolute atomic E-state index is 0.164. The van der Waals surface area contributed by atoms with Crippen LogP contribution in [0.1, 0.15) is 5.89 Å². The molecule has 2 N–H and O–H groups in total. The Bertz CT molecular complexity index is 672. The van der Waals surface area contributed by atoms with Gasteiger partial charge in [-0.15, -0.1) is 10.2 Å². The highest BCUT2D eigenvalue weighted by molar-refractivity contribution is 5.66. The molecule has 0 atom stereocenters. The number of anilines is 1.